The van der Waals surface area contributed by atoms with Crippen LogP contribution in [0, 0.1) is 0 Å². The van der Waals surface area contributed by atoms with E-state index in [0.29, 0.717) is 34.4 Å². The van der Waals surface area contributed by atoms with Gasteiger partial charge >= 0.3 is 6.03 Å². The largest absolute Gasteiger partial charge is 0.493 e. The maximum atomic E-state index is 13.3. The Morgan fingerprint density at radius 2 is 1.68 bits per heavy atom. The summed E-state index contributed by atoms with van der Waals surface area (Å²) in [5.41, 5.74) is 1.25. The second kappa shape index (κ2) is 12.0. The van der Waals surface area contributed by atoms with Crippen molar-refractivity contribution in [3.63, 3.8) is 0 Å². The summed E-state index contributed by atoms with van der Waals surface area (Å²) in [6, 6.07) is 15.9. The second-order valence-electron chi connectivity index (χ2n) is 8.21. The van der Waals surface area contributed by atoms with E-state index in [0.717, 1.165) is 16.9 Å². The van der Waals surface area contributed by atoms with Crippen molar-refractivity contribution in [2.45, 2.75) is 20.0 Å². The molecule has 0 spiro atoms. The van der Waals surface area contributed by atoms with Crippen LogP contribution in [0.25, 0.3) is 6.08 Å². The minimum atomic E-state index is -0.860. The Labute approximate surface area is 229 Å². The Bertz CT molecular complexity index is 1400. The van der Waals surface area contributed by atoms with Gasteiger partial charge in [0.2, 0.25) is 0 Å². The molecule has 4 amide bonds. The first-order valence-corrected chi connectivity index (χ1v) is 12.5. The fourth-order valence-corrected chi connectivity index (χ4v) is 4.16. The van der Waals surface area contributed by atoms with Crippen LogP contribution >= 0.6 is 23.2 Å². The molecule has 0 unspecified atom stereocenters. The van der Waals surface area contributed by atoms with Crippen LogP contribution in [-0.4, -0.2) is 31.6 Å². The normalized spacial score (nSPS) is 14.5. The molecule has 3 aromatic rings. The molecule has 0 saturated carbocycles. The first kappa shape index (κ1) is 27.0. The van der Waals surface area contributed by atoms with E-state index in [9.17, 15) is 14.4 Å². The molecule has 0 aromatic heterocycles. The molecule has 10 heteroatoms. The number of halogens is 2. The van der Waals surface area contributed by atoms with Gasteiger partial charge in [0.1, 0.15) is 17.9 Å². The average Bonchev–Trinajstić information content (AvgIpc) is 2.90. The van der Waals surface area contributed by atoms with Gasteiger partial charge in [-0.05, 0) is 60.5 Å². The molecule has 38 heavy (non-hydrogen) atoms. The number of methoxy groups -OCH3 is 1. The summed E-state index contributed by atoms with van der Waals surface area (Å²) in [7, 11) is 1.46. The van der Waals surface area contributed by atoms with E-state index in [-0.39, 0.29) is 22.9 Å². The van der Waals surface area contributed by atoms with Crippen LogP contribution in [0.1, 0.15) is 24.5 Å². The lowest BCUT2D eigenvalue weighted by atomic mass is 10.1. The number of anilines is 1. The minimum absolute atomic E-state index is 0.246. The number of hydrogen-bond donors (Lipinski definition) is 1. The molecular formula is C28H24Cl2N2O6. The number of carbonyl (C=O) groups excluding carboxylic acids is 3. The number of imide groups is 2. The SMILES string of the molecule is CCCOc1c(Cl)cc(/C=C2\C(=O)NC(=O)N(c3ccc(OCc4ccccc4Cl)cc3)C2=O)cc1OC. The molecule has 1 aliphatic rings. The number of nitrogens with zero attached hydrogens (tertiary/aromatic N) is 1. The predicted molar refractivity (Wildman–Crippen MR) is 145 cm³/mol. The predicted octanol–water partition coefficient (Wildman–Crippen LogP) is 6.04. The molecule has 0 bridgehead atoms. The molecule has 1 saturated heterocycles. The van der Waals surface area contributed by atoms with Gasteiger partial charge in [-0.2, -0.15) is 0 Å². The third kappa shape index (κ3) is 5.93. The van der Waals surface area contributed by atoms with Crippen LogP contribution in [0.3, 0.4) is 0 Å². The summed E-state index contributed by atoms with van der Waals surface area (Å²) >= 11 is 12.5. The summed E-state index contributed by atoms with van der Waals surface area (Å²) in [6.07, 6.45) is 2.12. The van der Waals surface area contributed by atoms with Gasteiger partial charge in [0.25, 0.3) is 11.8 Å². The van der Waals surface area contributed by atoms with E-state index in [1.807, 2.05) is 25.1 Å². The van der Waals surface area contributed by atoms with Gasteiger partial charge in [0.05, 0.1) is 24.4 Å². The maximum absolute atomic E-state index is 13.3. The van der Waals surface area contributed by atoms with Crippen LogP contribution in [0.2, 0.25) is 10.0 Å². The Balaban J connectivity index is 1.56. The Morgan fingerprint density at radius 3 is 2.37 bits per heavy atom. The molecule has 196 valence electrons. The topological polar surface area (TPSA) is 94.2 Å². The number of carbonyl (C=O) groups is 3. The van der Waals surface area contributed by atoms with Crippen molar-refractivity contribution in [1.82, 2.24) is 5.32 Å². The second-order valence-corrected chi connectivity index (χ2v) is 9.03. The van der Waals surface area contributed by atoms with Gasteiger partial charge in [0.15, 0.2) is 11.5 Å². The summed E-state index contributed by atoms with van der Waals surface area (Å²) in [5.74, 6) is -0.382. The van der Waals surface area contributed by atoms with E-state index in [2.05, 4.69) is 5.32 Å². The maximum Gasteiger partial charge on any atom is 0.335 e. The number of hydrogen-bond acceptors (Lipinski definition) is 6. The lowest BCUT2D eigenvalue weighted by Crippen LogP contribution is -2.54. The third-order valence-electron chi connectivity index (χ3n) is 5.56. The highest BCUT2D eigenvalue weighted by molar-refractivity contribution is 6.39. The molecule has 1 aliphatic heterocycles. The molecule has 0 radical (unpaired) electrons. The Morgan fingerprint density at radius 1 is 0.947 bits per heavy atom. The Kier molecular flexibility index (Phi) is 8.55. The van der Waals surface area contributed by atoms with Crippen molar-refractivity contribution in [1.29, 1.82) is 0 Å². The van der Waals surface area contributed by atoms with Crippen molar-refractivity contribution in [2.24, 2.45) is 0 Å². The number of nitrogens with one attached hydrogen (secondary N) is 1. The molecule has 4 rings (SSSR count). The van der Waals surface area contributed by atoms with E-state index < -0.39 is 17.8 Å². The molecule has 1 fully saturated rings. The zero-order valence-electron chi connectivity index (χ0n) is 20.6. The first-order chi connectivity index (χ1) is 18.3. The van der Waals surface area contributed by atoms with Crippen LogP contribution < -0.4 is 24.4 Å². The van der Waals surface area contributed by atoms with E-state index in [4.69, 9.17) is 37.4 Å². The van der Waals surface area contributed by atoms with Crippen molar-refractivity contribution >= 4 is 52.8 Å². The van der Waals surface area contributed by atoms with E-state index >= 15 is 0 Å². The summed E-state index contributed by atoms with van der Waals surface area (Å²) in [4.78, 5) is 39.3. The van der Waals surface area contributed by atoms with Crippen LogP contribution in [0.5, 0.6) is 17.2 Å². The van der Waals surface area contributed by atoms with Gasteiger partial charge < -0.3 is 14.2 Å². The number of amides is 4. The zero-order chi connectivity index (χ0) is 27.2. The standard InChI is InChI=1S/C28H24Cl2N2O6/c1-3-12-37-25-23(30)14-17(15-24(25)36-2)13-21-26(33)31-28(35)32(27(21)34)19-8-10-20(11-9-19)38-16-18-6-4-5-7-22(18)29/h4-11,13-15H,3,12,16H2,1-2H3,(H,31,33,35)/b21-13+. The molecule has 0 aliphatic carbocycles. The number of ether oxygens (including phenoxy) is 3. The third-order valence-corrected chi connectivity index (χ3v) is 6.21. The number of urea groups is 1. The fraction of sp³-hybridized carbons (Fsp3) is 0.179. The van der Waals surface area contributed by atoms with Crippen molar-refractivity contribution in [3.05, 3.63) is 87.4 Å². The van der Waals surface area contributed by atoms with Gasteiger partial charge in [-0.15, -0.1) is 0 Å². The van der Waals surface area contributed by atoms with Crippen molar-refractivity contribution in [2.75, 3.05) is 18.6 Å². The molecule has 1 N–H and O–H groups in total. The van der Waals surface area contributed by atoms with E-state index in [1.54, 1.807) is 42.5 Å². The highest BCUT2D eigenvalue weighted by atomic mass is 35.5. The minimum Gasteiger partial charge on any atom is -0.493 e. The quantitative estimate of drug-likeness (QED) is 0.256. The molecular weight excluding hydrogens is 531 g/mol. The van der Waals surface area contributed by atoms with Gasteiger partial charge in [0, 0.05) is 10.6 Å². The number of rotatable bonds is 9. The van der Waals surface area contributed by atoms with Crippen molar-refractivity contribution in [3.8, 4) is 17.2 Å². The average molecular weight is 555 g/mol. The summed E-state index contributed by atoms with van der Waals surface area (Å²) < 4.78 is 16.8. The van der Waals surface area contributed by atoms with Crippen LogP contribution in [0.4, 0.5) is 10.5 Å². The number of barbiturate groups is 1. The molecule has 0 atom stereocenters. The molecule has 8 nitrogen and oxygen atoms in total. The lowest BCUT2D eigenvalue weighted by molar-refractivity contribution is -0.122. The highest BCUT2D eigenvalue weighted by Gasteiger charge is 2.37. The van der Waals surface area contributed by atoms with Crippen molar-refractivity contribution < 1.29 is 28.6 Å². The van der Waals surface area contributed by atoms with Crippen LogP contribution in [0.15, 0.2) is 66.2 Å². The van der Waals surface area contributed by atoms with Gasteiger partial charge in [-0.1, -0.05) is 48.3 Å². The summed E-state index contributed by atoms with van der Waals surface area (Å²) in [5, 5.41) is 3.05. The molecule has 1 heterocycles. The smallest absolute Gasteiger partial charge is 0.335 e. The summed E-state index contributed by atoms with van der Waals surface area (Å²) in [6.45, 7) is 2.65. The first-order valence-electron chi connectivity index (χ1n) is 11.7. The van der Waals surface area contributed by atoms with Gasteiger partial charge in [-0.3, -0.25) is 14.9 Å². The fourth-order valence-electron chi connectivity index (χ4n) is 3.69. The lowest BCUT2D eigenvalue weighted by Gasteiger charge is -2.26. The van der Waals surface area contributed by atoms with E-state index in [1.165, 1.54) is 13.2 Å². The number of benzene rings is 3. The zero-order valence-corrected chi connectivity index (χ0v) is 22.1. The molecule has 3 aromatic carbocycles. The van der Waals surface area contributed by atoms with Crippen LogP contribution in [-0.2, 0) is 16.2 Å². The Hall–Kier alpha value is -4.01. The monoisotopic (exact) mass is 554 g/mol. The van der Waals surface area contributed by atoms with Gasteiger partial charge in [-0.25, -0.2) is 9.69 Å². The highest BCUT2D eigenvalue weighted by Crippen LogP contribution is 2.37.